The normalized spacial score (nSPS) is 12.1. The highest BCUT2D eigenvalue weighted by atomic mass is 32.2. The van der Waals surface area contributed by atoms with E-state index >= 15 is 0 Å². The Morgan fingerprint density at radius 2 is 1.65 bits per heavy atom. The van der Waals surface area contributed by atoms with Gasteiger partial charge in [-0.05, 0) is 65.0 Å². The van der Waals surface area contributed by atoms with Gasteiger partial charge in [0.2, 0.25) is 11.1 Å². The van der Waals surface area contributed by atoms with Crippen LogP contribution >= 0.6 is 11.8 Å². The summed E-state index contributed by atoms with van der Waals surface area (Å²) in [6.45, 7) is 16.3. The summed E-state index contributed by atoms with van der Waals surface area (Å²) in [5.41, 5.74) is 2.75. The van der Waals surface area contributed by atoms with Crippen molar-refractivity contribution in [2.24, 2.45) is 0 Å². The van der Waals surface area contributed by atoms with Crippen LogP contribution in [0.4, 0.5) is 16.0 Å². The highest BCUT2D eigenvalue weighted by Gasteiger charge is 2.20. The van der Waals surface area contributed by atoms with E-state index in [2.05, 4.69) is 52.7 Å². The smallest absolute Gasteiger partial charge is 0.228 e. The molecule has 0 fully saturated rings. The number of benzene rings is 2. The zero-order valence-electron chi connectivity index (χ0n) is 21.4. The molecular weight excluding hydrogens is 463 g/mol. The summed E-state index contributed by atoms with van der Waals surface area (Å²) < 4.78 is 22.2. The molecule has 0 aliphatic carbocycles. The second kappa shape index (κ2) is 11.5. The molecule has 0 amide bonds. The van der Waals surface area contributed by atoms with Gasteiger partial charge < -0.3 is 10.1 Å². The Bertz CT molecular complexity index is 1050. The van der Waals surface area contributed by atoms with Gasteiger partial charge in [0.15, 0.2) is 0 Å². The first-order chi connectivity index (χ1) is 16.0. The van der Waals surface area contributed by atoms with E-state index < -0.39 is 8.07 Å². The number of halogens is 1. The average Bonchev–Trinajstić information content (AvgIpc) is 3.12. The molecule has 184 valence electrons. The second-order valence-electron chi connectivity index (χ2n) is 10.4. The minimum absolute atomic E-state index is 0.151. The van der Waals surface area contributed by atoms with Crippen LogP contribution < -0.4 is 5.32 Å². The summed E-state index contributed by atoms with van der Waals surface area (Å²) in [6, 6.07) is 14.4. The summed E-state index contributed by atoms with van der Waals surface area (Å²) in [7, 11) is -1.19. The molecule has 5 nitrogen and oxygen atoms in total. The molecule has 0 radical (unpaired) electrons. The van der Waals surface area contributed by atoms with Crippen molar-refractivity contribution in [1.82, 2.24) is 14.8 Å². The summed E-state index contributed by atoms with van der Waals surface area (Å²) in [5, 5.41) is 8.86. The minimum atomic E-state index is -1.19. The Morgan fingerprint density at radius 3 is 2.21 bits per heavy atom. The van der Waals surface area contributed by atoms with Crippen molar-refractivity contribution >= 4 is 31.5 Å². The van der Waals surface area contributed by atoms with Crippen LogP contribution in [0.25, 0.3) is 0 Å². The van der Waals surface area contributed by atoms with E-state index in [0.717, 1.165) is 27.8 Å². The number of nitrogens with one attached hydrogen (secondary N) is 1. The first-order valence-corrected chi connectivity index (χ1v) is 16.4. The second-order valence-corrected chi connectivity index (χ2v) is 17.0. The van der Waals surface area contributed by atoms with Crippen molar-refractivity contribution in [2.75, 3.05) is 11.9 Å². The molecule has 0 aliphatic heterocycles. The van der Waals surface area contributed by atoms with Crippen LogP contribution in [0.1, 0.15) is 50.7 Å². The average molecular weight is 501 g/mol. The Kier molecular flexibility index (Phi) is 8.95. The molecule has 2 aromatic carbocycles. The SMILES string of the molecule is CC(C)c1cc(F)cc(C(C)C)c1Nc1nc(Sc2ccccc2)nn1COCC[Si](C)(C)C. The van der Waals surface area contributed by atoms with Gasteiger partial charge in [-0.15, -0.1) is 5.10 Å². The maximum atomic E-state index is 14.4. The molecule has 0 spiro atoms. The third-order valence-electron chi connectivity index (χ3n) is 5.46. The summed E-state index contributed by atoms with van der Waals surface area (Å²) in [5.74, 6) is 0.688. The van der Waals surface area contributed by atoms with Crippen LogP contribution in [-0.4, -0.2) is 29.4 Å². The fraction of sp³-hybridized carbons (Fsp3) is 0.462. The molecule has 1 heterocycles. The van der Waals surface area contributed by atoms with Crippen molar-refractivity contribution < 1.29 is 9.13 Å². The van der Waals surface area contributed by atoms with Gasteiger partial charge in [0.1, 0.15) is 12.5 Å². The molecule has 0 unspecified atom stereocenters. The summed E-state index contributed by atoms with van der Waals surface area (Å²) in [4.78, 5) is 5.86. The molecule has 8 heteroatoms. The highest BCUT2D eigenvalue weighted by Crippen LogP contribution is 2.36. The number of anilines is 2. The van der Waals surface area contributed by atoms with E-state index in [1.807, 2.05) is 30.3 Å². The van der Waals surface area contributed by atoms with Crippen molar-refractivity contribution in [2.45, 2.75) is 82.0 Å². The Hall–Kier alpha value is -2.16. The van der Waals surface area contributed by atoms with Gasteiger partial charge >= 0.3 is 0 Å². The lowest BCUT2D eigenvalue weighted by molar-refractivity contribution is 0.0792. The van der Waals surface area contributed by atoms with E-state index in [1.54, 1.807) is 16.8 Å². The number of hydrogen-bond acceptors (Lipinski definition) is 5. The monoisotopic (exact) mass is 500 g/mol. The number of rotatable bonds is 11. The van der Waals surface area contributed by atoms with E-state index in [1.165, 1.54) is 11.8 Å². The van der Waals surface area contributed by atoms with Gasteiger partial charge in [0, 0.05) is 25.3 Å². The van der Waals surface area contributed by atoms with Crippen molar-refractivity contribution in [3.8, 4) is 0 Å². The first-order valence-electron chi connectivity index (χ1n) is 11.9. The fourth-order valence-electron chi connectivity index (χ4n) is 3.49. The summed E-state index contributed by atoms with van der Waals surface area (Å²) in [6.07, 6.45) is 0. The number of aromatic nitrogens is 3. The number of nitrogens with zero attached hydrogens (tertiary/aromatic N) is 3. The predicted molar refractivity (Wildman–Crippen MR) is 143 cm³/mol. The van der Waals surface area contributed by atoms with Gasteiger partial charge in [-0.1, -0.05) is 65.5 Å². The molecule has 0 atom stereocenters. The lowest BCUT2D eigenvalue weighted by Gasteiger charge is -2.21. The van der Waals surface area contributed by atoms with Gasteiger partial charge in [-0.25, -0.2) is 9.07 Å². The minimum Gasteiger partial charge on any atom is -0.359 e. The largest absolute Gasteiger partial charge is 0.359 e. The Morgan fingerprint density at radius 1 is 1.03 bits per heavy atom. The quantitative estimate of drug-likeness (QED) is 0.214. The van der Waals surface area contributed by atoms with Gasteiger partial charge in [-0.2, -0.15) is 4.98 Å². The lowest BCUT2D eigenvalue weighted by Crippen LogP contribution is -2.22. The maximum Gasteiger partial charge on any atom is 0.228 e. The summed E-state index contributed by atoms with van der Waals surface area (Å²) >= 11 is 1.51. The molecule has 0 saturated heterocycles. The van der Waals surface area contributed by atoms with Crippen LogP contribution in [0.3, 0.4) is 0 Å². The molecule has 1 aromatic heterocycles. The molecule has 34 heavy (non-hydrogen) atoms. The maximum absolute atomic E-state index is 14.4. The standard InChI is InChI=1S/C26H37FN4OSSi/c1-18(2)22-15-20(27)16-23(19(3)4)24(22)28-25-29-26(33-21-11-9-8-10-12-21)30-31(25)17-32-13-14-34(5,6)7/h8-12,15-16,18-19H,13-14,17H2,1-7H3,(H,28,29,30). The zero-order valence-corrected chi connectivity index (χ0v) is 23.2. The van der Waals surface area contributed by atoms with Crippen LogP contribution in [0.15, 0.2) is 52.5 Å². The zero-order chi connectivity index (χ0) is 24.9. The van der Waals surface area contributed by atoms with Gasteiger partial charge in [-0.3, -0.25) is 0 Å². The third-order valence-corrected chi connectivity index (χ3v) is 8.03. The Balaban J connectivity index is 1.94. The third kappa shape index (κ3) is 7.42. The molecule has 0 saturated carbocycles. The molecule has 3 aromatic rings. The first kappa shape index (κ1) is 26.4. The molecule has 0 aliphatic rings. The molecule has 0 bridgehead atoms. The molecule has 1 N–H and O–H groups in total. The fourth-order valence-corrected chi connectivity index (χ4v) is 5.02. The van der Waals surface area contributed by atoms with Gasteiger partial charge in [0.25, 0.3) is 0 Å². The van der Waals surface area contributed by atoms with Crippen molar-refractivity contribution in [3.63, 3.8) is 0 Å². The van der Waals surface area contributed by atoms with Crippen molar-refractivity contribution in [3.05, 3.63) is 59.4 Å². The van der Waals surface area contributed by atoms with Crippen LogP contribution in [-0.2, 0) is 11.5 Å². The Labute approximate surface area is 208 Å². The number of ether oxygens (including phenoxy) is 1. The highest BCUT2D eigenvalue weighted by molar-refractivity contribution is 7.99. The number of hydrogen-bond donors (Lipinski definition) is 1. The topological polar surface area (TPSA) is 52.0 Å². The van der Waals surface area contributed by atoms with Crippen molar-refractivity contribution in [1.29, 1.82) is 0 Å². The molecule has 3 rings (SSSR count). The van der Waals surface area contributed by atoms with Crippen LogP contribution in [0.2, 0.25) is 25.7 Å². The predicted octanol–water partition coefficient (Wildman–Crippen LogP) is 7.87. The molecular formula is C26H37FN4OSSi. The van der Waals surface area contributed by atoms with Crippen LogP contribution in [0, 0.1) is 5.82 Å². The van der Waals surface area contributed by atoms with Gasteiger partial charge in [0.05, 0.1) is 0 Å². The van der Waals surface area contributed by atoms with E-state index in [-0.39, 0.29) is 17.7 Å². The van der Waals surface area contributed by atoms with E-state index in [4.69, 9.17) is 14.8 Å². The van der Waals surface area contributed by atoms with E-state index in [0.29, 0.717) is 24.4 Å². The van der Waals surface area contributed by atoms with Crippen LogP contribution in [0.5, 0.6) is 0 Å². The van der Waals surface area contributed by atoms with E-state index in [9.17, 15) is 4.39 Å². The lowest BCUT2D eigenvalue weighted by atomic mass is 9.92.